The van der Waals surface area contributed by atoms with Gasteiger partial charge in [-0.3, -0.25) is 4.79 Å². The maximum absolute atomic E-state index is 11.6. The van der Waals surface area contributed by atoms with Gasteiger partial charge in [0.2, 0.25) is 5.91 Å². The van der Waals surface area contributed by atoms with Gasteiger partial charge in [0.1, 0.15) is 11.0 Å². The van der Waals surface area contributed by atoms with Crippen LogP contribution in [0, 0.1) is 0 Å². The van der Waals surface area contributed by atoms with Gasteiger partial charge in [0.05, 0.1) is 0 Å². The van der Waals surface area contributed by atoms with Gasteiger partial charge in [-0.2, -0.15) is 0 Å². The number of fused-ring (bicyclic) bond motifs is 1. The number of rotatable bonds is 3. The molecular weight excluding hydrogens is 286 g/mol. The van der Waals surface area contributed by atoms with E-state index in [1.54, 1.807) is 6.92 Å². The van der Waals surface area contributed by atoms with Crippen LogP contribution in [0.5, 0.6) is 0 Å². The number of aromatic nitrogens is 2. The smallest absolute Gasteiger partial charge is 0.242 e. The second kappa shape index (κ2) is 5.58. The van der Waals surface area contributed by atoms with E-state index < -0.39 is 5.38 Å². The number of alkyl halides is 1. The standard InChI is InChI=1S/C16H14ClN3O/c1-10(17)16(21)20-14-4-2-3-11(8-14)13-7-12-5-6-18-15(12)19-9-13/h2-10H,1H3,(H,18,19)(H,20,21). The quantitative estimate of drug-likeness (QED) is 0.723. The molecular formula is C16H14ClN3O. The Morgan fingerprint density at radius 2 is 2.14 bits per heavy atom. The Balaban J connectivity index is 1.93. The molecule has 4 nitrogen and oxygen atoms in total. The second-order valence-electron chi connectivity index (χ2n) is 4.83. The minimum atomic E-state index is -0.563. The molecule has 3 rings (SSSR count). The minimum Gasteiger partial charge on any atom is -0.346 e. The largest absolute Gasteiger partial charge is 0.346 e. The Morgan fingerprint density at radius 1 is 1.29 bits per heavy atom. The van der Waals surface area contributed by atoms with Crippen molar-refractivity contribution in [2.24, 2.45) is 0 Å². The molecule has 3 aromatic rings. The molecule has 1 amide bonds. The molecule has 2 N–H and O–H groups in total. The number of hydrogen-bond donors (Lipinski definition) is 2. The molecule has 106 valence electrons. The molecule has 2 heterocycles. The number of nitrogens with one attached hydrogen (secondary N) is 2. The molecule has 0 bridgehead atoms. The van der Waals surface area contributed by atoms with E-state index >= 15 is 0 Å². The van der Waals surface area contributed by atoms with Gasteiger partial charge in [0, 0.05) is 29.0 Å². The van der Waals surface area contributed by atoms with E-state index in [-0.39, 0.29) is 5.91 Å². The zero-order chi connectivity index (χ0) is 14.8. The molecule has 0 aliphatic rings. The van der Waals surface area contributed by atoms with Crippen LogP contribution in [0.25, 0.3) is 22.2 Å². The van der Waals surface area contributed by atoms with Crippen LogP contribution in [0.1, 0.15) is 6.92 Å². The van der Waals surface area contributed by atoms with E-state index in [4.69, 9.17) is 11.6 Å². The van der Waals surface area contributed by atoms with Crippen LogP contribution in [0.3, 0.4) is 0 Å². The highest BCUT2D eigenvalue weighted by Crippen LogP contribution is 2.24. The van der Waals surface area contributed by atoms with Crippen molar-refractivity contribution in [3.8, 4) is 11.1 Å². The lowest BCUT2D eigenvalue weighted by Crippen LogP contribution is -2.20. The van der Waals surface area contributed by atoms with Crippen molar-refractivity contribution in [1.82, 2.24) is 9.97 Å². The number of pyridine rings is 1. The fraction of sp³-hybridized carbons (Fsp3) is 0.125. The molecule has 0 aliphatic heterocycles. The zero-order valence-corrected chi connectivity index (χ0v) is 12.2. The lowest BCUT2D eigenvalue weighted by molar-refractivity contribution is -0.115. The van der Waals surface area contributed by atoms with Gasteiger partial charge < -0.3 is 10.3 Å². The molecule has 5 heteroatoms. The molecule has 21 heavy (non-hydrogen) atoms. The Morgan fingerprint density at radius 3 is 2.95 bits per heavy atom. The predicted octanol–water partition coefficient (Wildman–Crippen LogP) is 3.80. The minimum absolute atomic E-state index is 0.215. The summed E-state index contributed by atoms with van der Waals surface area (Å²) in [5.74, 6) is -0.215. The highest BCUT2D eigenvalue weighted by Gasteiger charge is 2.09. The number of nitrogens with zero attached hydrogens (tertiary/aromatic N) is 1. The lowest BCUT2D eigenvalue weighted by Gasteiger charge is -2.08. The number of benzene rings is 1. The number of aromatic amines is 1. The third kappa shape index (κ3) is 2.90. The Hall–Kier alpha value is -2.33. The van der Waals surface area contributed by atoms with Gasteiger partial charge >= 0.3 is 0 Å². The van der Waals surface area contributed by atoms with Crippen LogP contribution in [-0.4, -0.2) is 21.3 Å². The highest BCUT2D eigenvalue weighted by atomic mass is 35.5. The number of anilines is 1. The van der Waals surface area contributed by atoms with Crippen molar-refractivity contribution in [2.45, 2.75) is 12.3 Å². The normalized spacial score (nSPS) is 12.3. The van der Waals surface area contributed by atoms with Gasteiger partial charge in [0.25, 0.3) is 0 Å². The third-order valence-electron chi connectivity index (χ3n) is 3.22. The SMILES string of the molecule is CC(Cl)C(=O)Nc1cccc(-c2cnc3[nH]ccc3c2)c1. The fourth-order valence-electron chi connectivity index (χ4n) is 2.12. The van der Waals surface area contributed by atoms with Crippen LogP contribution >= 0.6 is 11.6 Å². The van der Waals surface area contributed by atoms with Crippen molar-refractivity contribution >= 4 is 34.2 Å². The van der Waals surface area contributed by atoms with Crippen LogP contribution < -0.4 is 5.32 Å². The molecule has 1 atom stereocenters. The first-order valence-electron chi connectivity index (χ1n) is 6.62. The summed E-state index contributed by atoms with van der Waals surface area (Å²) in [6.07, 6.45) is 3.67. The fourth-order valence-corrected chi connectivity index (χ4v) is 2.17. The summed E-state index contributed by atoms with van der Waals surface area (Å²) in [5, 5.41) is 3.27. The van der Waals surface area contributed by atoms with E-state index in [1.807, 2.05) is 42.7 Å². The first-order valence-corrected chi connectivity index (χ1v) is 7.05. The van der Waals surface area contributed by atoms with E-state index in [2.05, 4.69) is 21.4 Å². The average Bonchev–Trinajstić information content (AvgIpc) is 2.94. The van der Waals surface area contributed by atoms with Crippen LogP contribution in [0.15, 0.2) is 48.8 Å². The van der Waals surface area contributed by atoms with Gasteiger partial charge in [-0.15, -0.1) is 11.6 Å². The second-order valence-corrected chi connectivity index (χ2v) is 5.48. The topological polar surface area (TPSA) is 57.8 Å². The van der Waals surface area contributed by atoms with E-state index in [0.717, 1.165) is 27.8 Å². The van der Waals surface area contributed by atoms with Crippen LogP contribution in [0.2, 0.25) is 0 Å². The summed E-state index contributed by atoms with van der Waals surface area (Å²) >= 11 is 5.76. The van der Waals surface area contributed by atoms with Crippen molar-refractivity contribution in [2.75, 3.05) is 5.32 Å². The lowest BCUT2D eigenvalue weighted by atomic mass is 10.1. The molecule has 0 radical (unpaired) electrons. The summed E-state index contributed by atoms with van der Waals surface area (Å²) in [6, 6.07) is 11.7. The molecule has 0 saturated heterocycles. The predicted molar refractivity (Wildman–Crippen MR) is 85.5 cm³/mol. The van der Waals surface area contributed by atoms with E-state index in [1.165, 1.54) is 0 Å². The van der Waals surface area contributed by atoms with Crippen molar-refractivity contribution in [1.29, 1.82) is 0 Å². The van der Waals surface area contributed by atoms with Crippen LogP contribution in [0.4, 0.5) is 5.69 Å². The summed E-state index contributed by atoms with van der Waals surface area (Å²) < 4.78 is 0. The number of H-pyrrole nitrogens is 1. The van der Waals surface area contributed by atoms with Crippen LogP contribution in [-0.2, 0) is 4.79 Å². The third-order valence-corrected chi connectivity index (χ3v) is 3.42. The number of amides is 1. The maximum atomic E-state index is 11.6. The summed E-state index contributed by atoms with van der Waals surface area (Å²) in [6.45, 7) is 1.64. The molecule has 0 spiro atoms. The van der Waals surface area contributed by atoms with Gasteiger partial charge in [0.15, 0.2) is 0 Å². The van der Waals surface area contributed by atoms with Gasteiger partial charge in [-0.1, -0.05) is 12.1 Å². The zero-order valence-electron chi connectivity index (χ0n) is 11.4. The summed E-state index contributed by atoms with van der Waals surface area (Å²) in [4.78, 5) is 19.1. The number of hydrogen-bond acceptors (Lipinski definition) is 2. The monoisotopic (exact) mass is 299 g/mol. The summed E-state index contributed by atoms with van der Waals surface area (Å²) in [5.41, 5.74) is 3.57. The number of carbonyl (C=O) groups is 1. The first-order chi connectivity index (χ1) is 10.1. The first kappa shape index (κ1) is 13.6. The van der Waals surface area contributed by atoms with Gasteiger partial charge in [-0.05, 0) is 36.8 Å². The molecule has 0 fully saturated rings. The molecule has 2 aromatic heterocycles. The highest BCUT2D eigenvalue weighted by molar-refractivity contribution is 6.32. The van der Waals surface area contributed by atoms with E-state index in [9.17, 15) is 4.79 Å². The molecule has 1 aromatic carbocycles. The molecule has 1 unspecified atom stereocenters. The number of halogens is 1. The van der Waals surface area contributed by atoms with Crippen molar-refractivity contribution < 1.29 is 4.79 Å². The average molecular weight is 300 g/mol. The number of carbonyl (C=O) groups excluding carboxylic acids is 1. The van der Waals surface area contributed by atoms with E-state index in [0.29, 0.717) is 0 Å². The van der Waals surface area contributed by atoms with Gasteiger partial charge in [-0.25, -0.2) is 4.98 Å². The Labute approximate surface area is 127 Å². The van der Waals surface area contributed by atoms with Crippen molar-refractivity contribution in [3.63, 3.8) is 0 Å². The Kier molecular flexibility index (Phi) is 3.62. The summed E-state index contributed by atoms with van der Waals surface area (Å²) in [7, 11) is 0. The molecule has 0 saturated carbocycles. The van der Waals surface area contributed by atoms with Crippen molar-refractivity contribution in [3.05, 3.63) is 48.8 Å². The molecule has 0 aliphatic carbocycles. The maximum Gasteiger partial charge on any atom is 0.242 e. The Bertz CT molecular complexity index is 795.